The minimum atomic E-state index is -1.01. The molecule has 0 bridgehead atoms. The van der Waals surface area contributed by atoms with Crippen LogP contribution in [0.1, 0.15) is 26.3 Å². The van der Waals surface area contributed by atoms with Crippen LogP contribution in [0, 0.1) is 0 Å². The van der Waals surface area contributed by atoms with Crippen molar-refractivity contribution in [1.82, 2.24) is 0 Å². The minimum Gasteiger partial charge on any atom is -0.478 e. The average molecular weight is 335 g/mol. The highest BCUT2D eigenvalue weighted by molar-refractivity contribution is 6.37. The summed E-state index contributed by atoms with van der Waals surface area (Å²) in [5.74, 6) is -0.936. The fourth-order valence-corrected chi connectivity index (χ4v) is 2.62. The van der Waals surface area contributed by atoms with Crippen LogP contribution in [-0.2, 0) is 0 Å². The van der Waals surface area contributed by atoms with Crippen LogP contribution in [-0.4, -0.2) is 16.9 Å². The quantitative estimate of drug-likeness (QED) is 0.831. The van der Waals surface area contributed by atoms with Crippen LogP contribution in [0.2, 0.25) is 10.0 Å². The van der Waals surface area contributed by atoms with Gasteiger partial charge >= 0.3 is 5.97 Å². The van der Waals surface area contributed by atoms with Crippen LogP contribution in [0.3, 0.4) is 0 Å². The number of ether oxygens (including phenoxy) is 1. The van der Waals surface area contributed by atoms with Crippen molar-refractivity contribution in [3.8, 4) is 5.75 Å². The lowest BCUT2D eigenvalue weighted by Gasteiger charge is -2.01. The van der Waals surface area contributed by atoms with E-state index in [1.165, 1.54) is 30.3 Å². The Balaban J connectivity index is 1.96. The molecule has 0 aliphatic carbocycles. The molecule has 0 fully saturated rings. The van der Waals surface area contributed by atoms with E-state index in [0.717, 1.165) is 0 Å². The summed E-state index contributed by atoms with van der Waals surface area (Å²) >= 11 is 11.9. The number of hydrogen-bond acceptors (Lipinski definition) is 3. The highest BCUT2D eigenvalue weighted by Gasteiger charge is 2.29. The first-order valence-corrected chi connectivity index (χ1v) is 6.98. The number of benzene rings is 2. The van der Waals surface area contributed by atoms with Crippen LogP contribution in [0.25, 0.3) is 6.08 Å². The Morgan fingerprint density at radius 2 is 1.82 bits per heavy atom. The average Bonchev–Trinajstić information content (AvgIpc) is 2.77. The van der Waals surface area contributed by atoms with E-state index in [1.54, 1.807) is 12.1 Å². The van der Waals surface area contributed by atoms with E-state index < -0.39 is 5.97 Å². The van der Waals surface area contributed by atoms with Crippen molar-refractivity contribution in [3.63, 3.8) is 0 Å². The van der Waals surface area contributed by atoms with E-state index >= 15 is 0 Å². The van der Waals surface area contributed by atoms with Gasteiger partial charge in [-0.25, -0.2) is 4.79 Å². The zero-order chi connectivity index (χ0) is 15.9. The van der Waals surface area contributed by atoms with Crippen molar-refractivity contribution >= 4 is 41.0 Å². The summed E-state index contributed by atoms with van der Waals surface area (Å²) < 4.78 is 5.49. The maximum atomic E-state index is 12.3. The summed E-state index contributed by atoms with van der Waals surface area (Å²) in [6.07, 6.45) is 1.53. The van der Waals surface area contributed by atoms with Gasteiger partial charge in [0, 0.05) is 5.02 Å². The van der Waals surface area contributed by atoms with Gasteiger partial charge in [0.2, 0.25) is 5.78 Å². The molecule has 2 aromatic carbocycles. The molecule has 0 saturated heterocycles. The predicted octanol–water partition coefficient (Wildman–Crippen LogP) is 4.31. The first kappa shape index (κ1) is 14.6. The predicted molar refractivity (Wildman–Crippen MR) is 82.8 cm³/mol. The van der Waals surface area contributed by atoms with Crippen molar-refractivity contribution in [2.45, 2.75) is 0 Å². The van der Waals surface area contributed by atoms with Crippen molar-refractivity contribution < 1.29 is 19.4 Å². The van der Waals surface area contributed by atoms with Gasteiger partial charge in [-0.1, -0.05) is 35.3 Å². The second-order valence-electron chi connectivity index (χ2n) is 4.63. The van der Waals surface area contributed by atoms with E-state index in [-0.39, 0.29) is 27.9 Å². The summed E-state index contributed by atoms with van der Waals surface area (Å²) in [7, 11) is 0. The van der Waals surface area contributed by atoms with Crippen LogP contribution >= 0.6 is 23.2 Å². The molecule has 1 aliphatic rings. The number of ketones is 1. The molecular formula is C16H8Cl2O4. The number of allylic oxidation sites excluding steroid dienone is 1. The third-order valence-electron chi connectivity index (χ3n) is 3.14. The Kier molecular flexibility index (Phi) is 3.64. The summed E-state index contributed by atoms with van der Waals surface area (Å²) in [6.45, 7) is 0. The molecule has 0 aromatic heterocycles. The molecule has 0 radical (unpaired) electrons. The second kappa shape index (κ2) is 5.48. The number of fused-ring (bicyclic) bond motifs is 1. The van der Waals surface area contributed by atoms with E-state index in [9.17, 15) is 9.59 Å². The number of carboxylic acid groups (broad SMARTS) is 1. The van der Waals surface area contributed by atoms with Gasteiger partial charge in [0.1, 0.15) is 0 Å². The lowest BCUT2D eigenvalue weighted by Crippen LogP contribution is -1.99. The molecule has 2 aromatic rings. The molecule has 110 valence electrons. The van der Waals surface area contributed by atoms with Gasteiger partial charge in [-0.3, -0.25) is 4.79 Å². The fourth-order valence-electron chi connectivity index (χ4n) is 2.09. The van der Waals surface area contributed by atoms with Crippen LogP contribution in [0.15, 0.2) is 42.2 Å². The first-order valence-electron chi connectivity index (χ1n) is 6.22. The SMILES string of the molecule is O=C(O)c1ccc(C=C2Oc3c(Cl)cc(Cl)cc3C2=O)cc1. The number of aromatic carboxylic acids is 1. The van der Waals surface area contributed by atoms with Crippen LogP contribution < -0.4 is 4.74 Å². The summed E-state index contributed by atoms with van der Waals surface area (Å²) in [5, 5.41) is 9.47. The van der Waals surface area contributed by atoms with Crippen molar-refractivity contribution in [1.29, 1.82) is 0 Å². The molecule has 1 N–H and O–H groups in total. The molecule has 0 atom stereocenters. The molecule has 0 spiro atoms. The Morgan fingerprint density at radius 1 is 1.14 bits per heavy atom. The van der Waals surface area contributed by atoms with Crippen LogP contribution in [0.4, 0.5) is 0 Å². The molecule has 4 nitrogen and oxygen atoms in total. The monoisotopic (exact) mass is 334 g/mol. The van der Waals surface area contributed by atoms with Gasteiger partial charge in [-0.15, -0.1) is 0 Å². The zero-order valence-electron chi connectivity index (χ0n) is 11.0. The summed E-state index contributed by atoms with van der Waals surface area (Å²) in [5.41, 5.74) is 1.12. The number of carbonyl (C=O) groups is 2. The Hall–Kier alpha value is -2.30. The number of halogens is 2. The fraction of sp³-hybridized carbons (Fsp3) is 0. The third-order valence-corrected chi connectivity index (χ3v) is 3.64. The van der Waals surface area contributed by atoms with E-state index in [4.69, 9.17) is 33.0 Å². The number of Topliss-reactive ketones (excluding diaryl/α,β-unsaturated/α-hetero) is 1. The summed E-state index contributed by atoms with van der Waals surface area (Å²) in [6, 6.07) is 9.07. The number of carbonyl (C=O) groups excluding carboxylic acids is 1. The normalized spacial score (nSPS) is 14.8. The molecule has 3 rings (SSSR count). The Morgan fingerprint density at radius 3 is 2.45 bits per heavy atom. The van der Waals surface area contributed by atoms with Gasteiger partial charge in [-0.2, -0.15) is 0 Å². The van der Waals surface area contributed by atoms with E-state index in [0.29, 0.717) is 16.1 Å². The largest absolute Gasteiger partial charge is 0.478 e. The van der Waals surface area contributed by atoms with Gasteiger partial charge in [0.15, 0.2) is 11.5 Å². The van der Waals surface area contributed by atoms with Gasteiger partial charge in [-0.05, 0) is 35.9 Å². The van der Waals surface area contributed by atoms with Gasteiger partial charge < -0.3 is 9.84 Å². The van der Waals surface area contributed by atoms with E-state index in [1.807, 2.05) is 0 Å². The second-order valence-corrected chi connectivity index (χ2v) is 5.47. The molecule has 6 heteroatoms. The Bertz CT molecular complexity index is 823. The van der Waals surface area contributed by atoms with Gasteiger partial charge in [0.05, 0.1) is 16.1 Å². The molecule has 1 heterocycles. The smallest absolute Gasteiger partial charge is 0.335 e. The molecule has 0 saturated carbocycles. The molecular weight excluding hydrogens is 327 g/mol. The van der Waals surface area contributed by atoms with Crippen molar-refractivity contribution in [2.24, 2.45) is 0 Å². The molecule has 0 amide bonds. The van der Waals surface area contributed by atoms with E-state index in [2.05, 4.69) is 0 Å². The zero-order valence-corrected chi connectivity index (χ0v) is 12.5. The number of rotatable bonds is 2. The molecule has 22 heavy (non-hydrogen) atoms. The van der Waals surface area contributed by atoms with Crippen molar-refractivity contribution in [2.75, 3.05) is 0 Å². The highest BCUT2D eigenvalue weighted by Crippen LogP contribution is 2.40. The molecule has 0 unspecified atom stereocenters. The maximum Gasteiger partial charge on any atom is 0.335 e. The molecule has 1 aliphatic heterocycles. The first-order chi connectivity index (χ1) is 10.5. The maximum absolute atomic E-state index is 12.3. The highest BCUT2D eigenvalue weighted by atomic mass is 35.5. The lowest BCUT2D eigenvalue weighted by molar-refractivity contribution is 0.0696. The summed E-state index contributed by atoms with van der Waals surface area (Å²) in [4.78, 5) is 23.1. The van der Waals surface area contributed by atoms with Crippen molar-refractivity contribution in [3.05, 3.63) is 68.9 Å². The standard InChI is InChI=1S/C16H8Cl2O4/c17-10-6-11-14(19)13(22-15(11)12(18)7-10)5-8-1-3-9(4-2-8)16(20)21/h1-7H,(H,20,21). The third kappa shape index (κ3) is 2.58. The Labute approximate surface area is 135 Å². The van der Waals surface area contributed by atoms with Crippen LogP contribution in [0.5, 0.6) is 5.75 Å². The number of carboxylic acids is 1. The topological polar surface area (TPSA) is 63.6 Å². The minimum absolute atomic E-state index is 0.113. The van der Waals surface area contributed by atoms with Gasteiger partial charge in [0.25, 0.3) is 0 Å². The number of hydrogen-bond donors (Lipinski definition) is 1. The lowest BCUT2D eigenvalue weighted by atomic mass is 10.1.